The Hall–Kier alpha value is -0.610. The van der Waals surface area contributed by atoms with Gasteiger partial charge >= 0.3 is 0 Å². The largest absolute Gasteiger partial charge is 0.339 e. The van der Waals surface area contributed by atoms with E-state index in [1.165, 1.54) is 25.7 Å². The van der Waals surface area contributed by atoms with Crippen molar-refractivity contribution in [3.8, 4) is 0 Å². The lowest BCUT2D eigenvalue weighted by molar-refractivity contribution is -0.138. The summed E-state index contributed by atoms with van der Waals surface area (Å²) in [5.41, 5.74) is 0. The van der Waals surface area contributed by atoms with Gasteiger partial charge in [0.15, 0.2) is 0 Å². The van der Waals surface area contributed by atoms with Crippen molar-refractivity contribution in [1.82, 2.24) is 15.1 Å². The lowest BCUT2D eigenvalue weighted by Gasteiger charge is -2.39. The van der Waals surface area contributed by atoms with Crippen LogP contribution in [0.3, 0.4) is 0 Å². The van der Waals surface area contributed by atoms with E-state index in [-0.39, 0.29) is 5.92 Å². The predicted octanol–water partition coefficient (Wildman–Crippen LogP) is 1.46. The fraction of sp³-hybridized carbons (Fsp3) is 0.938. The third-order valence-corrected chi connectivity index (χ3v) is 5.38. The SMILES string of the molecule is CCCN(C(=O)C1CCN(C)C1)C1CC2CCC(C1)N2. The molecule has 0 aromatic rings. The maximum Gasteiger partial charge on any atom is 0.227 e. The summed E-state index contributed by atoms with van der Waals surface area (Å²) >= 11 is 0. The standard InChI is InChI=1S/C16H29N3O/c1-3-7-19(16(20)12-6-8-18(2)11-12)15-9-13-4-5-14(10-15)17-13/h12-15,17H,3-11H2,1-2H3. The lowest BCUT2D eigenvalue weighted by atomic mass is 9.96. The maximum absolute atomic E-state index is 12.9. The second kappa shape index (κ2) is 6.02. The monoisotopic (exact) mass is 279 g/mol. The zero-order valence-corrected chi connectivity index (χ0v) is 13.0. The van der Waals surface area contributed by atoms with E-state index >= 15 is 0 Å². The summed E-state index contributed by atoms with van der Waals surface area (Å²) in [6.07, 6.45) is 7.08. The third kappa shape index (κ3) is 2.86. The molecule has 0 aromatic heterocycles. The number of likely N-dealkylation sites (tertiary alicyclic amines) is 1. The fourth-order valence-electron chi connectivity index (χ4n) is 4.37. The minimum atomic E-state index is 0.249. The molecule has 3 saturated heterocycles. The number of hydrogen-bond donors (Lipinski definition) is 1. The molecule has 4 heteroatoms. The number of piperidine rings is 1. The molecule has 1 amide bonds. The van der Waals surface area contributed by atoms with Crippen molar-refractivity contribution in [3.63, 3.8) is 0 Å². The first-order valence-corrected chi connectivity index (χ1v) is 8.42. The molecule has 3 heterocycles. The van der Waals surface area contributed by atoms with Crippen LogP contribution in [0.2, 0.25) is 0 Å². The van der Waals surface area contributed by atoms with Gasteiger partial charge < -0.3 is 15.1 Å². The maximum atomic E-state index is 12.9. The molecule has 2 bridgehead atoms. The lowest BCUT2D eigenvalue weighted by Crippen LogP contribution is -2.52. The van der Waals surface area contributed by atoms with Crippen LogP contribution in [-0.4, -0.2) is 60.5 Å². The normalized spacial score (nSPS) is 37.3. The Morgan fingerprint density at radius 1 is 1.25 bits per heavy atom. The molecule has 3 unspecified atom stereocenters. The number of nitrogens with one attached hydrogen (secondary N) is 1. The average Bonchev–Trinajstić information content (AvgIpc) is 3.01. The highest BCUT2D eigenvalue weighted by Gasteiger charge is 2.39. The van der Waals surface area contributed by atoms with Gasteiger partial charge in [0.2, 0.25) is 5.91 Å². The van der Waals surface area contributed by atoms with Crippen LogP contribution in [0.25, 0.3) is 0 Å². The molecule has 3 atom stereocenters. The van der Waals surface area contributed by atoms with E-state index in [1.807, 2.05) is 0 Å². The fourth-order valence-corrected chi connectivity index (χ4v) is 4.37. The Labute approximate surface area is 122 Å². The van der Waals surface area contributed by atoms with Crippen molar-refractivity contribution in [2.24, 2.45) is 5.92 Å². The average molecular weight is 279 g/mol. The molecule has 0 spiro atoms. The van der Waals surface area contributed by atoms with Gasteiger partial charge in [0.05, 0.1) is 5.92 Å². The van der Waals surface area contributed by atoms with E-state index in [1.54, 1.807) is 0 Å². The predicted molar refractivity (Wildman–Crippen MR) is 80.6 cm³/mol. The number of carbonyl (C=O) groups excluding carboxylic acids is 1. The van der Waals surface area contributed by atoms with Gasteiger partial charge in [0, 0.05) is 31.2 Å². The number of rotatable bonds is 4. The van der Waals surface area contributed by atoms with Crippen LogP contribution in [0.1, 0.15) is 45.4 Å². The summed E-state index contributed by atoms with van der Waals surface area (Å²) in [4.78, 5) is 17.4. The minimum absolute atomic E-state index is 0.249. The van der Waals surface area contributed by atoms with Crippen LogP contribution >= 0.6 is 0 Å². The molecular weight excluding hydrogens is 250 g/mol. The highest BCUT2D eigenvalue weighted by atomic mass is 16.2. The second-order valence-electron chi connectivity index (χ2n) is 7.04. The molecule has 0 aliphatic carbocycles. The van der Waals surface area contributed by atoms with Gasteiger partial charge in [-0.1, -0.05) is 6.92 Å². The molecule has 1 N–H and O–H groups in total. The number of nitrogens with zero attached hydrogens (tertiary/aromatic N) is 2. The topological polar surface area (TPSA) is 35.6 Å². The van der Waals surface area contributed by atoms with Crippen LogP contribution in [0.4, 0.5) is 0 Å². The Balaban J connectivity index is 1.67. The Kier molecular flexibility index (Phi) is 4.32. The van der Waals surface area contributed by atoms with E-state index < -0.39 is 0 Å². The van der Waals surface area contributed by atoms with Crippen molar-refractivity contribution in [3.05, 3.63) is 0 Å². The van der Waals surface area contributed by atoms with Gasteiger partial charge in [-0.3, -0.25) is 4.79 Å². The molecule has 0 saturated carbocycles. The van der Waals surface area contributed by atoms with Crippen LogP contribution < -0.4 is 5.32 Å². The molecule has 4 nitrogen and oxygen atoms in total. The van der Waals surface area contributed by atoms with Gasteiger partial charge in [-0.15, -0.1) is 0 Å². The Bertz CT molecular complexity index is 348. The smallest absolute Gasteiger partial charge is 0.227 e. The summed E-state index contributed by atoms with van der Waals surface area (Å²) in [7, 11) is 2.13. The molecule has 0 aromatic carbocycles. The highest BCUT2D eigenvalue weighted by molar-refractivity contribution is 5.79. The van der Waals surface area contributed by atoms with Crippen LogP contribution in [-0.2, 0) is 4.79 Å². The van der Waals surface area contributed by atoms with Crippen molar-refractivity contribution < 1.29 is 4.79 Å². The van der Waals surface area contributed by atoms with Crippen LogP contribution in [0.15, 0.2) is 0 Å². The first-order chi connectivity index (χ1) is 9.67. The van der Waals surface area contributed by atoms with E-state index in [2.05, 4.69) is 29.1 Å². The number of hydrogen-bond acceptors (Lipinski definition) is 3. The molecule has 0 radical (unpaired) electrons. The highest BCUT2D eigenvalue weighted by Crippen LogP contribution is 2.31. The summed E-state index contributed by atoms with van der Waals surface area (Å²) in [6.45, 7) is 5.17. The van der Waals surface area contributed by atoms with Gasteiger partial charge in [-0.2, -0.15) is 0 Å². The zero-order valence-electron chi connectivity index (χ0n) is 13.0. The molecule has 20 heavy (non-hydrogen) atoms. The molecular formula is C16H29N3O. The summed E-state index contributed by atoms with van der Waals surface area (Å²) in [5, 5.41) is 3.69. The summed E-state index contributed by atoms with van der Waals surface area (Å²) in [6, 6.07) is 1.82. The molecule has 114 valence electrons. The van der Waals surface area contributed by atoms with Crippen molar-refractivity contribution in [2.45, 2.75) is 63.6 Å². The summed E-state index contributed by atoms with van der Waals surface area (Å²) in [5.74, 6) is 0.682. The molecule has 3 aliphatic rings. The number of amides is 1. The van der Waals surface area contributed by atoms with Gasteiger partial charge in [0.1, 0.15) is 0 Å². The molecule has 3 aliphatic heterocycles. The number of fused-ring (bicyclic) bond motifs is 2. The molecule has 3 fully saturated rings. The van der Waals surface area contributed by atoms with E-state index in [0.717, 1.165) is 32.5 Å². The first kappa shape index (κ1) is 14.3. The first-order valence-electron chi connectivity index (χ1n) is 8.42. The van der Waals surface area contributed by atoms with Gasteiger partial charge in [-0.25, -0.2) is 0 Å². The van der Waals surface area contributed by atoms with Crippen LogP contribution in [0, 0.1) is 5.92 Å². The van der Waals surface area contributed by atoms with E-state index in [0.29, 0.717) is 24.0 Å². The van der Waals surface area contributed by atoms with Gasteiger partial charge in [-0.05, 0) is 52.1 Å². The van der Waals surface area contributed by atoms with Gasteiger partial charge in [0.25, 0.3) is 0 Å². The number of carbonyl (C=O) groups is 1. The van der Waals surface area contributed by atoms with E-state index in [4.69, 9.17) is 0 Å². The van der Waals surface area contributed by atoms with Crippen molar-refractivity contribution in [1.29, 1.82) is 0 Å². The zero-order chi connectivity index (χ0) is 14.1. The van der Waals surface area contributed by atoms with Crippen molar-refractivity contribution >= 4 is 5.91 Å². The summed E-state index contributed by atoms with van der Waals surface area (Å²) < 4.78 is 0. The van der Waals surface area contributed by atoms with Crippen molar-refractivity contribution in [2.75, 3.05) is 26.7 Å². The Morgan fingerprint density at radius 3 is 2.50 bits per heavy atom. The molecule has 3 rings (SSSR count). The minimum Gasteiger partial charge on any atom is -0.339 e. The third-order valence-electron chi connectivity index (χ3n) is 5.38. The second-order valence-corrected chi connectivity index (χ2v) is 7.04. The van der Waals surface area contributed by atoms with Crippen LogP contribution in [0.5, 0.6) is 0 Å². The Morgan fingerprint density at radius 2 is 1.95 bits per heavy atom. The quantitative estimate of drug-likeness (QED) is 0.846. The van der Waals surface area contributed by atoms with E-state index in [9.17, 15) is 4.79 Å².